The average molecular weight is 602 g/mol. The van der Waals surface area contributed by atoms with Gasteiger partial charge in [0.15, 0.2) is 5.78 Å². The largest absolute Gasteiger partial charge is 0.465 e. The van der Waals surface area contributed by atoms with Crippen molar-refractivity contribution in [3.05, 3.63) is 85.1 Å². The smallest absolute Gasteiger partial charge is 0.411 e. The summed E-state index contributed by atoms with van der Waals surface area (Å²) in [5.74, 6) is 2.03. The summed E-state index contributed by atoms with van der Waals surface area (Å²) < 4.78 is 0. The van der Waals surface area contributed by atoms with Gasteiger partial charge in [-0.3, -0.25) is 14.9 Å². The summed E-state index contributed by atoms with van der Waals surface area (Å²) in [4.78, 5) is 36.2. The summed E-state index contributed by atoms with van der Waals surface area (Å²) >= 11 is 13.9. The lowest BCUT2D eigenvalue weighted by Gasteiger charge is -2.09. The van der Waals surface area contributed by atoms with Gasteiger partial charge in [0, 0.05) is 23.5 Å². The van der Waals surface area contributed by atoms with E-state index in [0.29, 0.717) is 23.5 Å². The topological polar surface area (TPSA) is 95.5 Å². The maximum absolute atomic E-state index is 12.4. The standard InChI is InChI=1S/C21H19Cl2NO4.C10H15NS/c1-3-4-15(14-6-7-14)9-12(2)18(25)8-5-13-10-16(22)19(17(23)11-13)20(26)24-21(27)28;1-3-6-9(11-4-2)10-7-5-8-12-10/h1,4,9-11,14H,5-8H2,2H3,(H,24,26)(H,27,28);5-8,11H,3-4H2,1-2H3/b12-9+,15-4+;9-6+. The third-order valence-corrected chi connectivity index (χ3v) is 7.37. The molecule has 2 aromatic rings. The van der Waals surface area contributed by atoms with Crippen LogP contribution in [0.2, 0.25) is 10.0 Å². The van der Waals surface area contributed by atoms with Crippen LogP contribution in [0.25, 0.3) is 5.70 Å². The number of thiophene rings is 1. The van der Waals surface area contributed by atoms with Gasteiger partial charge < -0.3 is 10.4 Å². The number of amides is 2. The van der Waals surface area contributed by atoms with Crippen molar-refractivity contribution in [3.8, 4) is 12.3 Å². The van der Waals surface area contributed by atoms with E-state index in [-0.39, 0.29) is 27.8 Å². The first-order valence-corrected chi connectivity index (χ1v) is 14.6. The van der Waals surface area contributed by atoms with Crippen LogP contribution in [0.4, 0.5) is 4.79 Å². The molecule has 2 amide bonds. The Bertz CT molecular complexity index is 1310. The number of terminal acetylenes is 1. The summed E-state index contributed by atoms with van der Waals surface area (Å²) in [6.45, 7) is 7.03. The highest BCUT2D eigenvalue weighted by molar-refractivity contribution is 7.11. The molecule has 0 atom stereocenters. The number of halogens is 2. The first-order chi connectivity index (χ1) is 19.1. The number of imide groups is 1. The van der Waals surface area contributed by atoms with Crippen LogP contribution in [0.1, 0.15) is 67.3 Å². The molecule has 1 heterocycles. The maximum Gasteiger partial charge on any atom is 0.411 e. The highest BCUT2D eigenvalue weighted by Gasteiger charge is 2.25. The molecule has 1 aliphatic rings. The summed E-state index contributed by atoms with van der Waals surface area (Å²) in [7, 11) is 0. The molecular weight excluding hydrogens is 567 g/mol. The Balaban J connectivity index is 0.000000389. The first kappa shape index (κ1) is 32.9. The van der Waals surface area contributed by atoms with Crippen molar-refractivity contribution >= 4 is 58.0 Å². The van der Waals surface area contributed by atoms with E-state index in [1.807, 2.05) is 6.08 Å². The number of hydrogen-bond donors (Lipinski definition) is 3. The normalized spacial score (nSPS) is 13.6. The number of Topliss-reactive ketones (excluding diaryl/α,β-unsaturated/α-hetero) is 1. The molecule has 1 fully saturated rings. The number of carbonyl (C=O) groups is 3. The van der Waals surface area contributed by atoms with Gasteiger partial charge in [-0.25, -0.2) is 4.79 Å². The SMILES string of the molecule is C#C/C=C(\C=C(/C)C(=O)CCc1cc(Cl)c(C(=O)NC(=O)O)c(Cl)c1)C1CC1.CC/C=C(/NCC)c1cccs1. The molecule has 1 aromatic heterocycles. The molecule has 0 aliphatic heterocycles. The van der Waals surface area contributed by atoms with E-state index in [1.165, 1.54) is 22.7 Å². The minimum absolute atomic E-state index is 0.0222. The lowest BCUT2D eigenvalue weighted by Crippen LogP contribution is -2.29. The van der Waals surface area contributed by atoms with Crippen LogP contribution in [0.5, 0.6) is 0 Å². The number of allylic oxidation sites excluding steroid dienone is 5. The summed E-state index contributed by atoms with van der Waals surface area (Å²) in [6, 6.07) is 7.24. The molecule has 40 heavy (non-hydrogen) atoms. The summed E-state index contributed by atoms with van der Waals surface area (Å²) in [5.41, 5.74) is 3.46. The Morgan fingerprint density at radius 1 is 1.20 bits per heavy atom. The van der Waals surface area contributed by atoms with Crippen molar-refractivity contribution < 1.29 is 19.5 Å². The summed E-state index contributed by atoms with van der Waals surface area (Å²) in [6.07, 6.45) is 13.5. The van der Waals surface area contributed by atoms with Crippen molar-refractivity contribution in [2.45, 2.75) is 52.9 Å². The lowest BCUT2D eigenvalue weighted by molar-refractivity contribution is -0.115. The Hall–Kier alpha value is -3.31. The first-order valence-electron chi connectivity index (χ1n) is 13.0. The molecule has 1 aliphatic carbocycles. The molecule has 0 saturated heterocycles. The zero-order valence-corrected chi connectivity index (χ0v) is 25.2. The molecule has 0 unspecified atom stereocenters. The van der Waals surface area contributed by atoms with Crippen LogP contribution >= 0.6 is 34.5 Å². The van der Waals surface area contributed by atoms with Gasteiger partial charge in [-0.15, -0.1) is 17.8 Å². The molecule has 0 radical (unpaired) electrons. The second kappa shape index (κ2) is 16.7. The van der Waals surface area contributed by atoms with E-state index in [0.717, 1.165) is 31.4 Å². The van der Waals surface area contributed by atoms with Crippen LogP contribution in [-0.2, 0) is 11.2 Å². The van der Waals surface area contributed by atoms with Crippen LogP contribution in [0.15, 0.2) is 59.0 Å². The second-order valence-corrected chi connectivity index (χ2v) is 10.8. The number of benzene rings is 1. The monoisotopic (exact) mass is 600 g/mol. The number of carbonyl (C=O) groups excluding carboxylic acids is 2. The van der Waals surface area contributed by atoms with E-state index in [9.17, 15) is 14.4 Å². The summed E-state index contributed by atoms with van der Waals surface area (Å²) in [5, 5.41) is 15.8. The van der Waals surface area contributed by atoms with Crippen LogP contribution < -0.4 is 10.6 Å². The van der Waals surface area contributed by atoms with E-state index in [1.54, 1.807) is 29.7 Å². The molecular formula is C31H34Cl2N2O4S. The van der Waals surface area contributed by atoms with Gasteiger partial charge in [-0.05, 0) is 91.8 Å². The molecule has 6 nitrogen and oxygen atoms in total. The highest BCUT2D eigenvalue weighted by atomic mass is 35.5. The number of carboxylic acid groups (broad SMARTS) is 1. The van der Waals surface area contributed by atoms with Gasteiger partial charge >= 0.3 is 6.09 Å². The third kappa shape index (κ3) is 10.7. The Kier molecular flexibility index (Phi) is 13.7. The van der Waals surface area contributed by atoms with Gasteiger partial charge in [0.05, 0.1) is 15.6 Å². The molecule has 9 heteroatoms. The number of aryl methyl sites for hydroxylation is 1. The van der Waals surface area contributed by atoms with Gasteiger partial charge in [0.2, 0.25) is 0 Å². The van der Waals surface area contributed by atoms with Gasteiger partial charge in [-0.2, -0.15) is 0 Å². The molecule has 0 bridgehead atoms. The van der Waals surface area contributed by atoms with Gasteiger partial charge in [0.1, 0.15) is 0 Å². The molecule has 0 spiro atoms. The predicted molar refractivity (Wildman–Crippen MR) is 165 cm³/mol. The fraction of sp³-hybridized carbons (Fsp3) is 0.323. The van der Waals surface area contributed by atoms with E-state index < -0.39 is 12.0 Å². The highest BCUT2D eigenvalue weighted by Crippen LogP contribution is 2.37. The number of rotatable bonds is 11. The zero-order valence-electron chi connectivity index (χ0n) is 22.9. The molecule has 212 valence electrons. The lowest BCUT2D eigenvalue weighted by atomic mass is 9.99. The molecule has 1 aromatic carbocycles. The molecule has 1 saturated carbocycles. The van der Waals surface area contributed by atoms with Crippen molar-refractivity contribution in [1.29, 1.82) is 0 Å². The molecule has 3 rings (SSSR count). The molecule has 3 N–H and O–H groups in total. The minimum atomic E-state index is -1.50. The van der Waals surface area contributed by atoms with Crippen LogP contribution in [0, 0.1) is 18.3 Å². The minimum Gasteiger partial charge on any atom is -0.465 e. The maximum atomic E-state index is 12.4. The number of hydrogen-bond acceptors (Lipinski definition) is 5. The van der Waals surface area contributed by atoms with Crippen LogP contribution in [0.3, 0.4) is 0 Å². The van der Waals surface area contributed by atoms with E-state index in [4.69, 9.17) is 34.7 Å². The fourth-order valence-corrected chi connectivity index (χ4v) is 5.26. The fourth-order valence-electron chi connectivity index (χ4n) is 3.81. The van der Waals surface area contributed by atoms with Crippen molar-refractivity contribution in [2.75, 3.05) is 6.54 Å². The predicted octanol–water partition coefficient (Wildman–Crippen LogP) is 7.93. The Morgan fingerprint density at radius 3 is 2.38 bits per heavy atom. The van der Waals surface area contributed by atoms with Crippen molar-refractivity contribution in [2.24, 2.45) is 5.92 Å². The van der Waals surface area contributed by atoms with E-state index in [2.05, 4.69) is 48.7 Å². The average Bonchev–Trinajstić information content (AvgIpc) is 3.59. The quantitative estimate of drug-likeness (QED) is 0.138. The van der Waals surface area contributed by atoms with Gasteiger partial charge in [0.25, 0.3) is 5.91 Å². The second-order valence-electron chi connectivity index (χ2n) is 9.06. The van der Waals surface area contributed by atoms with Gasteiger partial charge in [-0.1, -0.05) is 54.3 Å². The van der Waals surface area contributed by atoms with Crippen molar-refractivity contribution in [3.63, 3.8) is 0 Å². The van der Waals surface area contributed by atoms with E-state index >= 15 is 0 Å². The number of nitrogens with one attached hydrogen (secondary N) is 2. The van der Waals surface area contributed by atoms with Crippen LogP contribution in [-0.4, -0.2) is 29.4 Å². The van der Waals surface area contributed by atoms with Crippen molar-refractivity contribution in [1.82, 2.24) is 10.6 Å². The number of ketones is 1. The Morgan fingerprint density at radius 2 is 1.88 bits per heavy atom. The third-order valence-electron chi connectivity index (χ3n) is 5.87. The zero-order chi connectivity index (χ0) is 29.7. The Labute approximate surface area is 250 Å².